The maximum Gasteiger partial charge on any atom is 0.232 e. The second-order valence-electron chi connectivity index (χ2n) is 4.73. The predicted molar refractivity (Wildman–Crippen MR) is 77.0 cm³/mol. The predicted octanol–water partition coefficient (Wildman–Crippen LogP) is 2.93. The van der Waals surface area contributed by atoms with Gasteiger partial charge in [0.05, 0.1) is 5.41 Å². The van der Waals surface area contributed by atoms with Gasteiger partial charge in [0.25, 0.3) is 0 Å². The fourth-order valence-electron chi connectivity index (χ4n) is 2.18. The van der Waals surface area contributed by atoms with Crippen molar-refractivity contribution in [1.82, 2.24) is 4.98 Å². The van der Waals surface area contributed by atoms with E-state index >= 15 is 0 Å². The van der Waals surface area contributed by atoms with Crippen molar-refractivity contribution < 1.29 is 4.79 Å². The molecule has 0 amide bonds. The molecule has 2 rings (SSSR count). The Kier molecular flexibility index (Phi) is 3.86. The molecule has 0 radical (unpaired) electrons. The average Bonchev–Trinajstić information content (AvgIpc) is 2.40. The van der Waals surface area contributed by atoms with Gasteiger partial charge in [-0.1, -0.05) is 18.2 Å². The largest absolute Gasteiger partial charge is 0.398 e. The van der Waals surface area contributed by atoms with Gasteiger partial charge in [-0.15, -0.1) is 0 Å². The van der Waals surface area contributed by atoms with Crippen LogP contribution in [0.1, 0.15) is 18.1 Å². The van der Waals surface area contributed by atoms with Crippen LogP contribution in [0.4, 0.5) is 5.69 Å². The molecule has 0 spiro atoms. The van der Waals surface area contributed by atoms with Crippen LogP contribution in [0.15, 0.2) is 48.8 Å². The standard InChI is InChI=1S/C15H15ClN2O/c1-15(14(16)19,10-11-6-8-18-9-7-11)12-4-2-3-5-13(12)17/h2-9H,10,17H2,1H3. The molecule has 1 atom stereocenters. The number of nitrogen functional groups attached to an aromatic ring is 1. The van der Waals surface area contributed by atoms with Crippen molar-refractivity contribution in [1.29, 1.82) is 0 Å². The first kappa shape index (κ1) is 13.6. The first-order valence-corrected chi connectivity index (χ1v) is 6.35. The summed E-state index contributed by atoms with van der Waals surface area (Å²) in [5.41, 5.74) is 7.46. The summed E-state index contributed by atoms with van der Waals surface area (Å²) >= 11 is 5.83. The van der Waals surface area contributed by atoms with E-state index in [1.54, 1.807) is 18.5 Å². The third kappa shape index (κ3) is 2.76. The lowest BCUT2D eigenvalue weighted by molar-refractivity contribution is -0.116. The number of nitrogens with zero attached hydrogens (tertiary/aromatic N) is 1. The van der Waals surface area contributed by atoms with Crippen molar-refractivity contribution in [3.8, 4) is 0 Å². The van der Waals surface area contributed by atoms with Gasteiger partial charge in [0.1, 0.15) is 0 Å². The fraction of sp³-hybridized carbons (Fsp3) is 0.200. The minimum atomic E-state index is -0.839. The second-order valence-corrected chi connectivity index (χ2v) is 5.07. The third-order valence-corrected chi connectivity index (χ3v) is 3.71. The smallest absolute Gasteiger partial charge is 0.232 e. The second kappa shape index (κ2) is 5.41. The molecular weight excluding hydrogens is 260 g/mol. The highest BCUT2D eigenvalue weighted by Gasteiger charge is 2.35. The fourth-order valence-corrected chi connectivity index (χ4v) is 2.35. The van der Waals surface area contributed by atoms with E-state index in [2.05, 4.69) is 4.98 Å². The van der Waals surface area contributed by atoms with Crippen molar-refractivity contribution in [3.63, 3.8) is 0 Å². The molecule has 3 nitrogen and oxygen atoms in total. The molecule has 98 valence electrons. The van der Waals surface area contributed by atoms with Crippen LogP contribution in [0, 0.1) is 0 Å². The van der Waals surface area contributed by atoms with Crippen LogP contribution in [-0.4, -0.2) is 10.2 Å². The topological polar surface area (TPSA) is 56.0 Å². The Hall–Kier alpha value is -1.87. The van der Waals surface area contributed by atoms with Crippen molar-refractivity contribution in [2.24, 2.45) is 0 Å². The first-order chi connectivity index (χ1) is 9.04. The summed E-state index contributed by atoms with van der Waals surface area (Å²) in [6.07, 6.45) is 3.89. The number of rotatable bonds is 4. The Bertz CT molecular complexity index is 586. The van der Waals surface area contributed by atoms with Gasteiger partial charge >= 0.3 is 0 Å². The summed E-state index contributed by atoms with van der Waals surface area (Å²) in [6.45, 7) is 1.81. The van der Waals surface area contributed by atoms with E-state index in [0.717, 1.165) is 11.1 Å². The molecule has 2 N–H and O–H groups in total. The molecule has 1 heterocycles. The highest BCUT2D eigenvalue weighted by Crippen LogP contribution is 2.34. The minimum absolute atomic E-state index is 0.415. The molecule has 19 heavy (non-hydrogen) atoms. The lowest BCUT2D eigenvalue weighted by Crippen LogP contribution is -2.32. The SMILES string of the molecule is CC(Cc1ccncc1)(C(=O)Cl)c1ccccc1N. The number of aromatic nitrogens is 1. The van der Waals surface area contributed by atoms with Gasteiger partial charge in [0, 0.05) is 18.1 Å². The zero-order valence-corrected chi connectivity index (χ0v) is 11.4. The molecule has 1 aromatic heterocycles. The number of hydrogen-bond acceptors (Lipinski definition) is 3. The molecule has 0 saturated carbocycles. The summed E-state index contributed by atoms with van der Waals surface area (Å²) in [5.74, 6) is 0. The van der Waals surface area contributed by atoms with E-state index in [0.29, 0.717) is 12.1 Å². The van der Waals surface area contributed by atoms with Gasteiger partial charge in [-0.2, -0.15) is 0 Å². The summed E-state index contributed by atoms with van der Waals surface area (Å²) in [5, 5.41) is -0.415. The Balaban J connectivity index is 2.45. The molecule has 0 aliphatic rings. The van der Waals surface area contributed by atoms with Gasteiger partial charge in [0.15, 0.2) is 0 Å². The van der Waals surface area contributed by atoms with E-state index in [1.807, 2.05) is 37.3 Å². The van der Waals surface area contributed by atoms with Crippen LogP contribution < -0.4 is 5.73 Å². The number of carbonyl (C=O) groups is 1. The molecular formula is C15H15ClN2O. The Morgan fingerprint density at radius 2 is 1.89 bits per heavy atom. The molecule has 0 fully saturated rings. The summed E-state index contributed by atoms with van der Waals surface area (Å²) < 4.78 is 0. The summed E-state index contributed by atoms with van der Waals surface area (Å²) in [4.78, 5) is 15.9. The summed E-state index contributed by atoms with van der Waals surface area (Å²) in [7, 11) is 0. The van der Waals surface area contributed by atoms with Crippen molar-refractivity contribution in [2.45, 2.75) is 18.8 Å². The van der Waals surface area contributed by atoms with Gasteiger partial charge in [-0.3, -0.25) is 9.78 Å². The number of hydrogen-bond donors (Lipinski definition) is 1. The number of anilines is 1. The van der Waals surface area contributed by atoms with Crippen LogP contribution in [0.3, 0.4) is 0 Å². The van der Waals surface area contributed by atoms with Crippen LogP contribution in [0.5, 0.6) is 0 Å². The Labute approximate surface area is 117 Å². The van der Waals surface area contributed by atoms with Crippen molar-refractivity contribution in [3.05, 3.63) is 59.9 Å². The highest BCUT2D eigenvalue weighted by atomic mass is 35.5. The molecule has 4 heteroatoms. The number of benzene rings is 1. The van der Waals surface area contributed by atoms with Crippen LogP contribution in [0.2, 0.25) is 0 Å². The van der Waals surface area contributed by atoms with E-state index in [-0.39, 0.29) is 0 Å². The van der Waals surface area contributed by atoms with Gasteiger partial charge in [0.2, 0.25) is 5.24 Å². The maximum absolute atomic E-state index is 11.9. The zero-order valence-electron chi connectivity index (χ0n) is 10.6. The van der Waals surface area contributed by atoms with Crippen LogP contribution >= 0.6 is 11.6 Å². The average molecular weight is 275 g/mol. The monoisotopic (exact) mass is 274 g/mol. The minimum Gasteiger partial charge on any atom is -0.398 e. The highest BCUT2D eigenvalue weighted by molar-refractivity contribution is 6.65. The Morgan fingerprint density at radius 3 is 2.47 bits per heavy atom. The lowest BCUT2D eigenvalue weighted by Gasteiger charge is -2.27. The number of halogens is 1. The lowest BCUT2D eigenvalue weighted by atomic mass is 9.78. The van der Waals surface area contributed by atoms with E-state index < -0.39 is 10.7 Å². The van der Waals surface area contributed by atoms with Crippen molar-refractivity contribution in [2.75, 3.05) is 5.73 Å². The first-order valence-electron chi connectivity index (χ1n) is 5.98. The van der Waals surface area contributed by atoms with E-state index in [4.69, 9.17) is 17.3 Å². The van der Waals surface area contributed by atoms with E-state index in [9.17, 15) is 4.79 Å². The normalized spacial score (nSPS) is 13.8. The Morgan fingerprint density at radius 1 is 1.26 bits per heavy atom. The molecule has 1 aromatic carbocycles. The molecule has 1 unspecified atom stereocenters. The van der Waals surface area contributed by atoms with Gasteiger partial charge in [-0.25, -0.2) is 0 Å². The van der Waals surface area contributed by atoms with Gasteiger partial charge < -0.3 is 5.73 Å². The van der Waals surface area contributed by atoms with Gasteiger partial charge in [-0.05, 0) is 54.3 Å². The summed E-state index contributed by atoms with van der Waals surface area (Å²) in [6, 6.07) is 11.1. The molecule has 2 aromatic rings. The number of carbonyl (C=O) groups excluding carboxylic acids is 1. The van der Waals surface area contributed by atoms with Crippen LogP contribution in [0.25, 0.3) is 0 Å². The molecule has 0 aliphatic carbocycles. The molecule has 0 bridgehead atoms. The third-order valence-electron chi connectivity index (χ3n) is 3.30. The van der Waals surface area contributed by atoms with Crippen LogP contribution in [-0.2, 0) is 16.6 Å². The quantitative estimate of drug-likeness (QED) is 0.689. The number of nitrogens with two attached hydrogens (primary N) is 1. The van der Waals surface area contributed by atoms with E-state index in [1.165, 1.54) is 0 Å². The number of para-hydroxylation sites is 1. The zero-order chi connectivity index (χ0) is 13.9. The van der Waals surface area contributed by atoms with Crippen molar-refractivity contribution >= 4 is 22.5 Å². The number of pyridine rings is 1. The molecule has 0 saturated heterocycles. The maximum atomic E-state index is 11.9. The molecule has 0 aliphatic heterocycles.